The molecule has 0 spiro atoms. The normalized spacial score (nSPS) is 46.8. The van der Waals surface area contributed by atoms with Gasteiger partial charge in [-0.15, -0.1) is 11.8 Å². The number of carbonyl (C=O) groups excluding carboxylic acids is 1. The quantitative estimate of drug-likeness (QED) is 0.558. The van der Waals surface area contributed by atoms with E-state index in [9.17, 15) is 15.0 Å². The average molecular weight is 443 g/mol. The highest BCUT2D eigenvalue weighted by atomic mass is 32.2. The van der Waals surface area contributed by atoms with Gasteiger partial charge < -0.3 is 10.2 Å². The molecule has 4 aliphatic rings. The molecule has 2 N–H and O–H groups in total. The molecule has 0 heterocycles. The molecule has 4 fully saturated rings. The number of benzene rings is 1. The van der Waals surface area contributed by atoms with E-state index in [-0.39, 0.29) is 11.2 Å². The van der Waals surface area contributed by atoms with E-state index in [1.54, 1.807) is 23.9 Å². The van der Waals surface area contributed by atoms with Gasteiger partial charge in [-0.3, -0.25) is 4.79 Å². The monoisotopic (exact) mass is 442 g/mol. The maximum Gasteiger partial charge on any atom is 0.133 e. The Labute approximate surface area is 191 Å². The third kappa shape index (κ3) is 3.22. The molecule has 0 aromatic heterocycles. The minimum atomic E-state index is -0.628. The molecule has 8 atom stereocenters. The van der Waals surface area contributed by atoms with Gasteiger partial charge in [0.25, 0.3) is 0 Å². The number of rotatable bonds is 3. The van der Waals surface area contributed by atoms with Crippen molar-refractivity contribution in [3.05, 3.63) is 24.3 Å². The Morgan fingerprint density at radius 3 is 2.45 bits per heavy atom. The second-order valence-corrected chi connectivity index (χ2v) is 12.7. The molecule has 5 rings (SSSR count). The van der Waals surface area contributed by atoms with Crippen molar-refractivity contribution in [1.29, 1.82) is 0 Å². The number of hydrogen-bond acceptors (Lipinski definition) is 4. The van der Waals surface area contributed by atoms with Crippen LogP contribution in [0.2, 0.25) is 0 Å². The lowest BCUT2D eigenvalue weighted by Crippen LogP contribution is -2.58. The van der Waals surface area contributed by atoms with Crippen LogP contribution in [0.1, 0.15) is 72.1 Å². The molecule has 4 heteroatoms. The minimum Gasteiger partial charge on any atom is -0.508 e. The maximum atomic E-state index is 12.3. The molecule has 1 aromatic rings. The molecule has 31 heavy (non-hydrogen) atoms. The molecule has 0 aliphatic heterocycles. The van der Waals surface area contributed by atoms with Gasteiger partial charge in [0.15, 0.2) is 0 Å². The Morgan fingerprint density at radius 2 is 1.71 bits per heavy atom. The summed E-state index contributed by atoms with van der Waals surface area (Å²) in [5.41, 5.74) is -0.355. The highest BCUT2D eigenvalue weighted by Gasteiger charge is 2.65. The van der Waals surface area contributed by atoms with Crippen LogP contribution in [0.5, 0.6) is 5.75 Å². The van der Waals surface area contributed by atoms with Crippen molar-refractivity contribution < 1.29 is 15.0 Å². The zero-order chi connectivity index (χ0) is 22.0. The fraction of sp³-hybridized carbons (Fsp3) is 0.741. The number of Topliss-reactive ketones (excluding diaryl/α,β-unsaturated/α-hetero) is 1. The Hall–Kier alpha value is -1.00. The van der Waals surface area contributed by atoms with Crippen LogP contribution in [-0.2, 0) is 4.79 Å². The van der Waals surface area contributed by atoms with Crippen LogP contribution < -0.4 is 0 Å². The van der Waals surface area contributed by atoms with Crippen LogP contribution in [0.4, 0.5) is 0 Å². The minimum absolute atomic E-state index is 0.0188. The zero-order valence-electron chi connectivity index (χ0n) is 19.3. The summed E-state index contributed by atoms with van der Waals surface area (Å²) in [5.74, 6) is 4.56. The van der Waals surface area contributed by atoms with Crippen molar-refractivity contribution in [2.75, 3.05) is 5.75 Å². The van der Waals surface area contributed by atoms with E-state index in [2.05, 4.69) is 20.8 Å². The Morgan fingerprint density at radius 1 is 1.00 bits per heavy atom. The Bertz CT molecular complexity index is 853. The first-order valence-electron chi connectivity index (χ1n) is 12.3. The molecule has 3 nitrogen and oxygen atoms in total. The van der Waals surface area contributed by atoms with Crippen molar-refractivity contribution in [3.8, 4) is 5.75 Å². The first-order valence-corrected chi connectivity index (χ1v) is 13.3. The van der Waals surface area contributed by atoms with Gasteiger partial charge in [-0.05, 0) is 97.8 Å². The number of phenols is 1. The molecule has 4 saturated carbocycles. The van der Waals surface area contributed by atoms with Crippen LogP contribution >= 0.6 is 11.8 Å². The highest BCUT2D eigenvalue weighted by molar-refractivity contribution is 7.99. The van der Waals surface area contributed by atoms with Crippen molar-refractivity contribution in [3.63, 3.8) is 0 Å². The molecule has 4 aliphatic carbocycles. The predicted octanol–water partition coefficient (Wildman–Crippen LogP) is 6.07. The number of ketones is 1. The lowest BCUT2D eigenvalue weighted by molar-refractivity contribution is -0.164. The number of hydrogen-bond donors (Lipinski definition) is 2. The zero-order valence-corrected chi connectivity index (χ0v) is 20.1. The number of carbonyl (C=O) groups is 1. The van der Waals surface area contributed by atoms with E-state index in [1.165, 1.54) is 19.3 Å². The number of thioether (sulfide) groups is 1. The lowest BCUT2D eigenvalue weighted by atomic mass is 9.42. The van der Waals surface area contributed by atoms with E-state index in [4.69, 9.17) is 0 Å². The first kappa shape index (κ1) is 21.8. The summed E-state index contributed by atoms with van der Waals surface area (Å²) in [6.07, 6.45) is 8.36. The van der Waals surface area contributed by atoms with Crippen LogP contribution in [0.25, 0.3) is 0 Å². The molecule has 170 valence electrons. The second kappa shape index (κ2) is 7.52. The van der Waals surface area contributed by atoms with E-state index >= 15 is 0 Å². The second-order valence-electron chi connectivity index (χ2n) is 11.7. The molecular formula is C27H38O3S. The van der Waals surface area contributed by atoms with Gasteiger partial charge in [-0.1, -0.05) is 20.8 Å². The van der Waals surface area contributed by atoms with Crippen molar-refractivity contribution >= 4 is 17.5 Å². The van der Waals surface area contributed by atoms with E-state index in [0.717, 1.165) is 42.8 Å². The van der Waals surface area contributed by atoms with Crippen molar-refractivity contribution in [1.82, 2.24) is 0 Å². The predicted molar refractivity (Wildman–Crippen MR) is 125 cm³/mol. The molecule has 0 bridgehead atoms. The smallest absolute Gasteiger partial charge is 0.133 e. The first-order chi connectivity index (χ1) is 14.7. The van der Waals surface area contributed by atoms with E-state index in [1.807, 2.05) is 12.1 Å². The number of fused-ring (bicyclic) bond motifs is 5. The third-order valence-electron chi connectivity index (χ3n) is 10.7. The average Bonchev–Trinajstić information content (AvgIpc) is 3.00. The van der Waals surface area contributed by atoms with Gasteiger partial charge >= 0.3 is 0 Å². The standard InChI is InChI=1S/C27H38O3S/c1-17-14-20(29)15-18-4-9-22-23-11-13-27(30,16-31-21-7-5-19(28)6-8-21)25(23,2)12-10-24(22)26(17,18)3/h5-8,17-18,22-24,28,30H,4,9-16H2,1-3H3/t17?,18?,22-,23-,24+,25-,26-,27?/m0/s1. The van der Waals surface area contributed by atoms with Gasteiger partial charge in [0.2, 0.25) is 0 Å². The fourth-order valence-corrected chi connectivity index (χ4v) is 9.78. The highest BCUT2D eigenvalue weighted by Crippen LogP contribution is 2.69. The molecule has 0 amide bonds. The maximum absolute atomic E-state index is 12.3. The van der Waals surface area contributed by atoms with Gasteiger partial charge in [0, 0.05) is 28.9 Å². The summed E-state index contributed by atoms with van der Waals surface area (Å²) in [6.45, 7) is 7.22. The van der Waals surface area contributed by atoms with Crippen LogP contribution in [0, 0.1) is 40.4 Å². The van der Waals surface area contributed by atoms with Crippen molar-refractivity contribution in [2.45, 2.75) is 82.6 Å². The topological polar surface area (TPSA) is 57.5 Å². The summed E-state index contributed by atoms with van der Waals surface area (Å²) in [4.78, 5) is 13.4. The lowest BCUT2D eigenvalue weighted by Gasteiger charge is -2.62. The van der Waals surface area contributed by atoms with Crippen molar-refractivity contribution in [2.24, 2.45) is 40.4 Å². The largest absolute Gasteiger partial charge is 0.508 e. The summed E-state index contributed by atoms with van der Waals surface area (Å²) < 4.78 is 0. The van der Waals surface area contributed by atoms with Crippen LogP contribution in [0.15, 0.2) is 29.2 Å². The van der Waals surface area contributed by atoms with Gasteiger partial charge in [0.05, 0.1) is 5.60 Å². The molecule has 3 unspecified atom stereocenters. The van der Waals surface area contributed by atoms with E-state index in [0.29, 0.717) is 40.8 Å². The Balaban J connectivity index is 1.36. The number of aromatic hydroxyl groups is 1. The molecular weight excluding hydrogens is 404 g/mol. The van der Waals surface area contributed by atoms with Crippen LogP contribution in [-0.4, -0.2) is 27.4 Å². The fourth-order valence-electron chi connectivity index (χ4n) is 8.57. The SMILES string of the molecule is CC1CC(=O)CC2CC[C@@H]3[C@@H](CC[C@@]4(C)[C@H]3CCC4(O)CSc3ccc(O)cc3)[C@@]12C. The number of phenolic OH excluding ortho intramolecular Hbond substituents is 1. The van der Waals surface area contributed by atoms with Gasteiger partial charge in [-0.25, -0.2) is 0 Å². The van der Waals surface area contributed by atoms with Gasteiger partial charge in [-0.2, -0.15) is 0 Å². The van der Waals surface area contributed by atoms with Crippen LogP contribution in [0.3, 0.4) is 0 Å². The summed E-state index contributed by atoms with van der Waals surface area (Å²) >= 11 is 1.73. The van der Waals surface area contributed by atoms with Gasteiger partial charge in [0.1, 0.15) is 11.5 Å². The summed E-state index contributed by atoms with van der Waals surface area (Å²) in [6, 6.07) is 7.35. The molecule has 0 radical (unpaired) electrons. The third-order valence-corrected chi connectivity index (χ3v) is 11.9. The molecule has 0 saturated heterocycles. The number of aliphatic hydroxyl groups is 1. The molecule has 1 aromatic carbocycles. The van der Waals surface area contributed by atoms with E-state index < -0.39 is 5.60 Å². The summed E-state index contributed by atoms with van der Waals surface area (Å²) in [5, 5.41) is 21.5. The Kier molecular flexibility index (Phi) is 5.29. The summed E-state index contributed by atoms with van der Waals surface area (Å²) in [7, 11) is 0.